The van der Waals surface area contributed by atoms with Crippen LogP contribution in [0.25, 0.3) is 0 Å². The van der Waals surface area contributed by atoms with Crippen LogP contribution in [0.15, 0.2) is 48.8 Å². The van der Waals surface area contributed by atoms with Crippen molar-refractivity contribution in [1.82, 2.24) is 25.1 Å². The number of aromatic nitrogens is 2. The second-order valence-electron chi connectivity index (χ2n) is 11.5. The zero-order chi connectivity index (χ0) is 33.9. The fraction of sp³-hybridized carbons (Fsp3) is 0.438. The molecule has 2 amide bonds. The van der Waals surface area contributed by atoms with E-state index in [-0.39, 0.29) is 30.9 Å². The maximum absolute atomic E-state index is 12.6. The van der Waals surface area contributed by atoms with E-state index in [1.165, 1.54) is 6.33 Å². The van der Waals surface area contributed by atoms with Crippen molar-refractivity contribution in [3.8, 4) is 0 Å². The fourth-order valence-electron chi connectivity index (χ4n) is 5.57. The van der Waals surface area contributed by atoms with Crippen molar-refractivity contribution >= 4 is 81.2 Å². The van der Waals surface area contributed by atoms with Crippen LogP contribution in [0.5, 0.6) is 0 Å². The molecular formula is C32H41Cl4N9O2. The van der Waals surface area contributed by atoms with E-state index in [4.69, 9.17) is 52.1 Å². The minimum absolute atomic E-state index is 0.0337. The van der Waals surface area contributed by atoms with Gasteiger partial charge in [0.15, 0.2) is 0 Å². The number of nitrogen functional groups attached to an aromatic ring is 1. The first-order valence-electron chi connectivity index (χ1n) is 15.4. The molecule has 3 aromatic rings. The third kappa shape index (κ3) is 11.5. The highest BCUT2D eigenvalue weighted by molar-refractivity contribution is 6.35. The standard InChI is InChI=1S/C18H22Cl2N6O.C14H19Cl2N3O/c1-25(17-8-16(21)23-11-24-17)15-3-2-4-26(10-15)18(27)9-22-14-6-12(19)5-13(20)7-14;1-17-12-3-2-4-19(9-12)14(20)8-18-13-6-10(15)5-11(16)7-13/h5-8,11,15,22H,2-4,9-10H2,1H3,(H2,21,23,24);5-7,12,17-18H,2-4,8-9H2,1H3/t15-;12-/m00/s1. The fourth-order valence-corrected chi connectivity index (χ4v) is 6.62. The van der Waals surface area contributed by atoms with E-state index < -0.39 is 0 Å². The summed E-state index contributed by atoms with van der Waals surface area (Å²) in [6.07, 6.45) is 5.54. The van der Waals surface area contributed by atoms with Crippen LogP contribution in [-0.2, 0) is 9.59 Å². The number of likely N-dealkylation sites (N-methyl/N-ethyl adjacent to an activating group) is 2. The van der Waals surface area contributed by atoms with Crippen molar-refractivity contribution in [3.05, 3.63) is 68.9 Å². The van der Waals surface area contributed by atoms with Gasteiger partial charge in [-0.15, -0.1) is 0 Å². The number of carbonyl (C=O) groups excluding carboxylic acids is 2. The number of amides is 2. The molecule has 2 aliphatic rings. The van der Waals surface area contributed by atoms with Gasteiger partial charge in [0.2, 0.25) is 11.8 Å². The third-order valence-corrected chi connectivity index (χ3v) is 9.00. The van der Waals surface area contributed by atoms with Crippen LogP contribution in [0.4, 0.5) is 23.0 Å². The molecule has 0 bridgehead atoms. The lowest BCUT2D eigenvalue weighted by Crippen LogP contribution is -2.50. The SMILES string of the molecule is CN(c1cc(N)ncn1)[C@H]1CCCN(C(=O)CNc2cc(Cl)cc(Cl)c2)C1.CN[C@H]1CCCN(C(=O)CNc2cc(Cl)cc(Cl)c2)C1. The van der Waals surface area contributed by atoms with E-state index in [1.807, 2.05) is 23.9 Å². The van der Waals surface area contributed by atoms with Crippen molar-refractivity contribution in [3.63, 3.8) is 0 Å². The predicted molar refractivity (Wildman–Crippen MR) is 193 cm³/mol. The van der Waals surface area contributed by atoms with Gasteiger partial charge in [-0.3, -0.25) is 9.59 Å². The van der Waals surface area contributed by atoms with Crippen LogP contribution in [0, 0.1) is 0 Å². The number of anilines is 4. The molecule has 2 fully saturated rings. The van der Waals surface area contributed by atoms with E-state index in [1.54, 1.807) is 42.5 Å². The van der Waals surface area contributed by atoms with E-state index in [9.17, 15) is 9.59 Å². The van der Waals surface area contributed by atoms with E-state index in [0.717, 1.165) is 62.5 Å². The Bertz CT molecular complexity index is 1470. The van der Waals surface area contributed by atoms with Crippen molar-refractivity contribution in [2.45, 2.75) is 37.8 Å². The monoisotopic (exact) mass is 723 g/mol. The van der Waals surface area contributed by atoms with Crippen LogP contribution < -0.4 is 26.6 Å². The number of likely N-dealkylation sites (tertiary alicyclic amines) is 2. The number of carbonyl (C=O) groups is 2. The molecule has 0 saturated carbocycles. The van der Waals surface area contributed by atoms with Gasteiger partial charge >= 0.3 is 0 Å². The largest absolute Gasteiger partial charge is 0.384 e. The van der Waals surface area contributed by atoms with Gasteiger partial charge in [-0.1, -0.05) is 46.4 Å². The lowest BCUT2D eigenvalue weighted by molar-refractivity contribution is -0.131. The highest BCUT2D eigenvalue weighted by Crippen LogP contribution is 2.24. The van der Waals surface area contributed by atoms with Crippen LogP contribution in [0.1, 0.15) is 25.7 Å². The Kier molecular flexibility index (Phi) is 13.9. The first-order chi connectivity index (χ1) is 22.5. The predicted octanol–water partition coefficient (Wildman–Crippen LogP) is 5.52. The third-order valence-electron chi connectivity index (χ3n) is 8.13. The maximum Gasteiger partial charge on any atom is 0.241 e. The van der Waals surface area contributed by atoms with E-state index in [2.05, 4.69) is 30.8 Å². The summed E-state index contributed by atoms with van der Waals surface area (Å²) in [6, 6.07) is 12.6. The first kappa shape index (κ1) is 36.6. The second-order valence-corrected chi connectivity index (χ2v) is 13.3. The van der Waals surface area contributed by atoms with Crippen molar-refractivity contribution in [2.75, 3.05) is 74.6 Å². The summed E-state index contributed by atoms with van der Waals surface area (Å²) in [5.41, 5.74) is 7.24. The highest BCUT2D eigenvalue weighted by atomic mass is 35.5. The van der Waals surface area contributed by atoms with Crippen LogP contribution in [-0.4, -0.2) is 97.0 Å². The molecule has 11 nitrogen and oxygen atoms in total. The number of benzene rings is 2. The molecule has 47 heavy (non-hydrogen) atoms. The highest BCUT2D eigenvalue weighted by Gasteiger charge is 2.27. The number of hydrogen-bond donors (Lipinski definition) is 4. The summed E-state index contributed by atoms with van der Waals surface area (Å²) in [5, 5.41) is 11.6. The Morgan fingerprint density at radius 2 is 1.32 bits per heavy atom. The molecule has 2 aromatic carbocycles. The van der Waals surface area contributed by atoms with Crippen molar-refractivity contribution in [2.24, 2.45) is 0 Å². The summed E-state index contributed by atoms with van der Waals surface area (Å²) in [5.74, 6) is 1.32. The second kappa shape index (κ2) is 17.8. The summed E-state index contributed by atoms with van der Waals surface area (Å²) >= 11 is 23.8. The van der Waals surface area contributed by atoms with E-state index >= 15 is 0 Å². The summed E-state index contributed by atoms with van der Waals surface area (Å²) in [4.78, 5) is 38.8. The minimum atomic E-state index is 0.0337. The molecule has 0 spiro atoms. The van der Waals surface area contributed by atoms with Gasteiger partial charge in [0.25, 0.3) is 0 Å². The lowest BCUT2D eigenvalue weighted by Gasteiger charge is -2.38. The summed E-state index contributed by atoms with van der Waals surface area (Å²) < 4.78 is 0. The Labute approximate surface area is 296 Å². The molecule has 0 aliphatic carbocycles. The molecule has 5 rings (SSSR count). The Balaban J connectivity index is 0.000000223. The zero-order valence-corrected chi connectivity index (χ0v) is 29.5. The minimum Gasteiger partial charge on any atom is -0.384 e. The molecule has 0 radical (unpaired) electrons. The number of rotatable bonds is 9. The van der Waals surface area contributed by atoms with Gasteiger partial charge in [0.05, 0.1) is 13.1 Å². The molecular weight excluding hydrogens is 684 g/mol. The average molecular weight is 726 g/mol. The molecule has 3 heterocycles. The number of hydrogen-bond acceptors (Lipinski definition) is 9. The van der Waals surface area contributed by atoms with Crippen LogP contribution in [0.2, 0.25) is 20.1 Å². The van der Waals surface area contributed by atoms with Gasteiger partial charge in [-0.2, -0.15) is 0 Å². The molecule has 2 saturated heterocycles. The number of nitrogens with two attached hydrogens (primary N) is 1. The summed E-state index contributed by atoms with van der Waals surface area (Å²) in [6.45, 7) is 3.42. The van der Waals surface area contributed by atoms with Crippen molar-refractivity contribution < 1.29 is 9.59 Å². The van der Waals surface area contributed by atoms with Crippen LogP contribution in [0.3, 0.4) is 0 Å². The smallest absolute Gasteiger partial charge is 0.241 e. The first-order valence-corrected chi connectivity index (χ1v) is 16.9. The van der Waals surface area contributed by atoms with Gasteiger partial charge in [-0.05, 0) is 69.1 Å². The molecule has 2 atom stereocenters. The van der Waals surface area contributed by atoms with Crippen molar-refractivity contribution in [1.29, 1.82) is 0 Å². The Morgan fingerprint density at radius 1 is 0.809 bits per heavy atom. The molecule has 1 aromatic heterocycles. The normalized spacial score (nSPS) is 17.7. The number of nitrogens with one attached hydrogen (secondary N) is 3. The number of piperidine rings is 2. The van der Waals surface area contributed by atoms with E-state index in [0.29, 0.717) is 38.5 Å². The molecule has 5 N–H and O–H groups in total. The summed E-state index contributed by atoms with van der Waals surface area (Å²) in [7, 11) is 3.90. The number of halogens is 4. The quantitative estimate of drug-likeness (QED) is 0.225. The Hall–Kier alpha value is -3.22. The lowest BCUT2D eigenvalue weighted by atomic mass is 10.0. The molecule has 15 heteroatoms. The van der Waals surface area contributed by atoms with Crippen LogP contribution >= 0.6 is 46.4 Å². The maximum atomic E-state index is 12.6. The van der Waals surface area contributed by atoms with Gasteiger partial charge < -0.3 is 36.4 Å². The molecule has 2 aliphatic heterocycles. The van der Waals surface area contributed by atoms with Gasteiger partial charge in [-0.25, -0.2) is 9.97 Å². The number of nitrogens with zero attached hydrogens (tertiary/aromatic N) is 5. The topological polar surface area (TPSA) is 132 Å². The molecule has 0 unspecified atom stereocenters. The van der Waals surface area contributed by atoms with Gasteiger partial charge in [0, 0.05) is 82.8 Å². The molecule has 254 valence electrons. The zero-order valence-electron chi connectivity index (χ0n) is 26.5. The van der Waals surface area contributed by atoms with Gasteiger partial charge in [0.1, 0.15) is 18.0 Å². The average Bonchev–Trinajstić information content (AvgIpc) is 3.05. The Morgan fingerprint density at radius 3 is 1.83 bits per heavy atom.